The van der Waals surface area contributed by atoms with Gasteiger partial charge in [0.25, 0.3) is 0 Å². The highest BCUT2D eigenvalue weighted by molar-refractivity contribution is 5.89. The number of carbonyl (C=O) groups is 1. The zero-order valence-corrected chi connectivity index (χ0v) is 17.8. The zero-order valence-electron chi connectivity index (χ0n) is 17.8. The minimum Gasteiger partial charge on any atom is -0.383 e. The van der Waals surface area contributed by atoms with E-state index in [-0.39, 0.29) is 6.03 Å². The number of amides is 2. The van der Waals surface area contributed by atoms with Crippen molar-refractivity contribution in [2.75, 3.05) is 51.8 Å². The van der Waals surface area contributed by atoms with Crippen LogP contribution in [0.4, 0.5) is 10.5 Å². The monoisotopic (exact) mass is 411 g/mol. The van der Waals surface area contributed by atoms with E-state index in [0.29, 0.717) is 29.9 Å². The molecule has 1 aromatic carbocycles. The highest BCUT2D eigenvalue weighted by Crippen LogP contribution is 2.37. The lowest BCUT2D eigenvalue weighted by Crippen LogP contribution is -2.59. The van der Waals surface area contributed by atoms with Gasteiger partial charge in [-0.2, -0.15) is 5.26 Å². The predicted octanol–water partition coefficient (Wildman–Crippen LogP) is 2.50. The smallest absolute Gasteiger partial charge is 0.319 e. The minimum absolute atomic E-state index is 0.205. The van der Waals surface area contributed by atoms with Gasteiger partial charge in [0.05, 0.1) is 18.2 Å². The van der Waals surface area contributed by atoms with E-state index in [1.807, 2.05) is 0 Å². The van der Waals surface area contributed by atoms with Gasteiger partial charge in [-0.1, -0.05) is 6.07 Å². The van der Waals surface area contributed by atoms with Crippen molar-refractivity contribution in [1.29, 1.82) is 5.26 Å². The maximum Gasteiger partial charge on any atom is 0.319 e. The quantitative estimate of drug-likeness (QED) is 0.721. The molecule has 0 radical (unpaired) electrons. The predicted molar refractivity (Wildman–Crippen MR) is 116 cm³/mol. The van der Waals surface area contributed by atoms with Crippen molar-refractivity contribution >= 4 is 11.7 Å². The molecule has 162 valence electrons. The molecule has 7 nitrogen and oxygen atoms in total. The number of urea groups is 1. The van der Waals surface area contributed by atoms with E-state index in [1.54, 1.807) is 31.4 Å². The van der Waals surface area contributed by atoms with Crippen LogP contribution in [-0.2, 0) is 4.74 Å². The highest BCUT2D eigenvalue weighted by atomic mass is 16.5. The third kappa shape index (κ3) is 4.94. The Balaban J connectivity index is 1.24. The summed E-state index contributed by atoms with van der Waals surface area (Å²) in [5, 5.41) is 14.9. The largest absolute Gasteiger partial charge is 0.383 e. The van der Waals surface area contributed by atoms with Crippen LogP contribution in [0.15, 0.2) is 24.3 Å². The van der Waals surface area contributed by atoms with Gasteiger partial charge in [-0.25, -0.2) is 4.79 Å². The molecule has 4 aliphatic rings. The number of anilines is 1. The standard InChI is InChI=1S/C23H33N5O2/c1-30-16-21-6-3-8-27(21)14-19-15-28-9-7-18(19)11-22(28)13-25-23(29)26-20-5-2-4-17(10-20)12-24/h2,4-5,10,18-19,21-22H,3,6-9,11,13-16H2,1H3,(H2,25,26,29). The first-order chi connectivity index (χ1) is 14.7. The molecule has 0 aromatic heterocycles. The molecule has 4 fully saturated rings. The number of benzene rings is 1. The first-order valence-electron chi connectivity index (χ1n) is 11.2. The number of hydrogen-bond acceptors (Lipinski definition) is 5. The Hall–Kier alpha value is -2.14. The van der Waals surface area contributed by atoms with E-state index in [4.69, 9.17) is 10.00 Å². The minimum atomic E-state index is -0.205. The van der Waals surface area contributed by atoms with Gasteiger partial charge in [0.2, 0.25) is 0 Å². The second-order valence-corrected chi connectivity index (χ2v) is 8.97. The number of nitrogens with zero attached hydrogens (tertiary/aromatic N) is 3. The molecule has 2 N–H and O–H groups in total. The number of ether oxygens (including phenoxy) is 1. The lowest BCUT2D eigenvalue weighted by Gasteiger charge is -2.51. The van der Waals surface area contributed by atoms with Gasteiger partial charge >= 0.3 is 6.03 Å². The summed E-state index contributed by atoms with van der Waals surface area (Å²) in [6.45, 7) is 6.18. The number of rotatable bonds is 7. The molecule has 1 aromatic rings. The van der Waals surface area contributed by atoms with Crippen LogP contribution < -0.4 is 10.6 Å². The average Bonchev–Trinajstić information content (AvgIpc) is 3.20. The molecule has 7 heteroatoms. The number of hydrogen-bond donors (Lipinski definition) is 2. The van der Waals surface area contributed by atoms with Crippen LogP contribution in [0, 0.1) is 23.2 Å². The number of likely N-dealkylation sites (tertiary alicyclic amines) is 1. The lowest BCUT2D eigenvalue weighted by atomic mass is 9.75. The number of piperidine rings is 3. The van der Waals surface area contributed by atoms with Gasteiger partial charge in [0, 0.05) is 44.5 Å². The first kappa shape index (κ1) is 21.1. The van der Waals surface area contributed by atoms with Gasteiger partial charge in [0.1, 0.15) is 0 Å². The van der Waals surface area contributed by atoms with Crippen molar-refractivity contribution in [3.05, 3.63) is 29.8 Å². The van der Waals surface area contributed by atoms with Gasteiger partial charge in [-0.3, -0.25) is 9.80 Å². The van der Waals surface area contributed by atoms with E-state index in [2.05, 4.69) is 26.5 Å². The Bertz CT molecular complexity index is 779. The van der Waals surface area contributed by atoms with Gasteiger partial charge in [-0.15, -0.1) is 0 Å². The van der Waals surface area contributed by atoms with Crippen molar-refractivity contribution in [3.63, 3.8) is 0 Å². The Morgan fingerprint density at radius 1 is 1.30 bits per heavy atom. The molecule has 4 heterocycles. The van der Waals surface area contributed by atoms with Crippen LogP contribution in [0.5, 0.6) is 0 Å². The third-order valence-electron chi connectivity index (χ3n) is 7.09. The SMILES string of the molecule is COCC1CCCN1CC1CN2CCC1CC2CNC(=O)Nc1cccc(C#N)c1. The number of nitrogens with one attached hydrogen (secondary N) is 2. The van der Waals surface area contributed by atoms with Crippen LogP contribution in [0.3, 0.4) is 0 Å². The summed E-state index contributed by atoms with van der Waals surface area (Å²) < 4.78 is 5.42. The number of nitriles is 1. The molecule has 0 aliphatic carbocycles. The Kier molecular flexibility index (Phi) is 6.88. The molecule has 30 heavy (non-hydrogen) atoms. The molecular weight excluding hydrogens is 378 g/mol. The summed E-state index contributed by atoms with van der Waals surface area (Å²) in [5.41, 5.74) is 1.19. The normalized spacial score (nSPS) is 30.7. The Morgan fingerprint density at radius 2 is 2.20 bits per heavy atom. The number of methoxy groups -OCH3 is 1. The van der Waals surface area contributed by atoms with E-state index >= 15 is 0 Å². The lowest BCUT2D eigenvalue weighted by molar-refractivity contribution is -0.0162. The topological polar surface area (TPSA) is 80.6 Å². The number of fused-ring (bicyclic) bond motifs is 3. The molecule has 4 aliphatic heterocycles. The first-order valence-corrected chi connectivity index (χ1v) is 11.2. The average molecular weight is 412 g/mol. The van der Waals surface area contributed by atoms with E-state index in [9.17, 15) is 4.79 Å². The fourth-order valence-electron chi connectivity index (χ4n) is 5.54. The van der Waals surface area contributed by atoms with E-state index in [1.165, 1.54) is 32.4 Å². The zero-order chi connectivity index (χ0) is 20.9. The van der Waals surface area contributed by atoms with Crippen LogP contribution in [0.2, 0.25) is 0 Å². The second kappa shape index (κ2) is 9.78. The summed E-state index contributed by atoms with van der Waals surface area (Å²) in [4.78, 5) is 17.5. The molecule has 2 amide bonds. The van der Waals surface area contributed by atoms with Gasteiger partial charge in [-0.05, 0) is 68.8 Å². The van der Waals surface area contributed by atoms with Crippen molar-refractivity contribution in [2.45, 2.75) is 37.8 Å². The van der Waals surface area contributed by atoms with Gasteiger partial charge < -0.3 is 15.4 Å². The molecule has 0 saturated carbocycles. The van der Waals surface area contributed by atoms with Gasteiger partial charge in [0.15, 0.2) is 0 Å². The van der Waals surface area contributed by atoms with Crippen molar-refractivity contribution in [2.24, 2.45) is 11.8 Å². The summed E-state index contributed by atoms with van der Waals surface area (Å²) in [6, 6.07) is 9.88. The van der Waals surface area contributed by atoms with Crippen LogP contribution in [-0.4, -0.2) is 74.4 Å². The van der Waals surface area contributed by atoms with E-state index in [0.717, 1.165) is 38.0 Å². The summed E-state index contributed by atoms with van der Waals surface area (Å²) in [7, 11) is 1.80. The van der Waals surface area contributed by atoms with Crippen molar-refractivity contribution < 1.29 is 9.53 Å². The van der Waals surface area contributed by atoms with E-state index < -0.39 is 0 Å². The number of carbonyl (C=O) groups excluding carboxylic acids is 1. The molecule has 4 saturated heterocycles. The summed E-state index contributed by atoms with van der Waals surface area (Å²) >= 11 is 0. The molecular formula is C23H33N5O2. The second-order valence-electron chi connectivity index (χ2n) is 8.97. The maximum atomic E-state index is 12.3. The molecule has 5 unspecified atom stereocenters. The molecule has 5 atom stereocenters. The molecule has 2 bridgehead atoms. The molecule has 0 spiro atoms. The Labute approximate surface area is 179 Å². The maximum absolute atomic E-state index is 12.3. The summed E-state index contributed by atoms with van der Waals surface area (Å²) in [5.74, 6) is 1.48. The van der Waals surface area contributed by atoms with Crippen LogP contribution in [0.25, 0.3) is 0 Å². The van der Waals surface area contributed by atoms with Crippen LogP contribution >= 0.6 is 0 Å². The summed E-state index contributed by atoms with van der Waals surface area (Å²) in [6.07, 6.45) is 4.98. The third-order valence-corrected chi connectivity index (χ3v) is 7.09. The van der Waals surface area contributed by atoms with Crippen molar-refractivity contribution in [1.82, 2.24) is 15.1 Å². The molecule has 5 rings (SSSR count). The fourth-order valence-corrected chi connectivity index (χ4v) is 5.54. The fraction of sp³-hybridized carbons (Fsp3) is 0.652. The van der Waals surface area contributed by atoms with Crippen LogP contribution in [0.1, 0.15) is 31.2 Å². The van der Waals surface area contributed by atoms with Crippen molar-refractivity contribution in [3.8, 4) is 6.07 Å². The highest BCUT2D eigenvalue weighted by Gasteiger charge is 2.41. The Morgan fingerprint density at radius 3 is 2.97 bits per heavy atom.